The third kappa shape index (κ3) is 3.22. The monoisotopic (exact) mass is 343 g/mol. The molecule has 0 spiro atoms. The van der Waals surface area contributed by atoms with Crippen molar-refractivity contribution in [3.05, 3.63) is 65.2 Å². The standard InChI is InChI=1S/C19H21NO3S/c1-2-24(22,23)18-13-6-5-11-16(18)19(21)20-17-12-7-9-14-8-3-4-10-15(14)17/h3-6,8,10-11,13,17H,2,7,9,12H2,1H3,(H,20,21)/t17-/m0/s1. The van der Waals surface area contributed by atoms with Gasteiger partial charge in [-0.05, 0) is 42.5 Å². The molecule has 0 unspecified atom stereocenters. The number of rotatable bonds is 4. The fraction of sp³-hybridized carbons (Fsp3) is 0.316. The second kappa shape index (κ2) is 6.77. The number of hydrogen-bond donors (Lipinski definition) is 1. The lowest BCUT2D eigenvalue weighted by atomic mass is 9.87. The third-order valence-corrected chi connectivity index (χ3v) is 6.31. The van der Waals surface area contributed by atoms with Crippen LogP contribution in [0.1, 0.15) is 47.3 Å². The minimum Gasteiger partial charge on any atom is -0.345 e. The van der Waals surface area contributed by atoms with Gasteiger partial charge in [0.2, 0.25) is 0 Å². The van der Waals surface area contributed by atoms with Gasteiger partial charge in [0.25, 0.3) is 5.91 Å². The normalized spacial score (nSPS) is 17.1. The zero-order chi connectivity index (χ0) is 17.2. The Morgan fingerprint density at radius 2 is 1.83 bits per heavy atom. The first-order valence-corrected chi connectivity index (χ1v) is 9.88. The molecule has 0 aromatic heterocycles. The van der Waals surface area contributed by atoms with Crippen LogP contribution < -0.4 is 5.32 Å². The Balaban J connectivity index is 1.90. The topological polar surface area (TPSA) is 63.2 Å². The van der Waals surface area contributed by atoms with E-state index in [9.17, 15) is 13.2 Å². The second-order valence-corrected chi connectivity index (χ2v) is 8.26. The van der Waals surface area contributed by atoms with Gasteiger partial charge in [0.1, 0.15) is 0 Å². The fourth-order valence-corrected chi connectivity index (χ4v) is 4.31. The van der Waals surface area contributed by atoms with Crippen LogP contribution in [0.4, 0.5) is 0 Å². The average molecular weight is 343 g/mol. The summed E-state index contributed by atoms with van der Waals surface area (Å²) >= 11 is 0. The molecule has 24 heavy (non-hydrogen) atoms. The van der Waals surface area contributed by atoms with Gasteiger partial charge in [-0.15, -0.1) is 0 Å². The number of amides is 1. The van der Waals surface area contributed by atoms with E-state index in [1.54, 1.807) is 25.1 Å². The van der Waals surface area contributed by atoms with Crippen LogP contribution >= 0.6 is 0 Å². The van der Waals surface area contributed by atoms with Crippen molar-refractivity contribution in [3.63, 3.8) is 0 Å². The predicted molar refractivity (Wildman–Crippen MR) is 93.8 cm³/mol. The minimum absolute atomic E-state index is 0.0243. The molecule has 5 heteroatoms. The molecular weight excluding hydrogens is 322 g/mol. The number of carbonyl (C=O) groups is 1. The van der Waals surface area contributed by atoms with Gasteiger partial charge in [0.15, 0.2) is 9.84 Å². The van der Waals surface area contributed by atoms with Crippen molar-refractivity contribution in [2.45, 2.75) is 37.1 Å². The Morgan fingerprint density at radius 3 is 2.62 bits per heavy atom. The Bertz CT molecular complexity index is 858. The molecule has 0 aliphatic heterocycles. The summed E-state index contributed by atoms with van der Waals surface area (Å²) in [6, 6.07) is 14.4. The van der Waals surface area contributed by atoms with Gasteiger partial charge in [-0.3, -0.25) is 4.79 Å². The van der Waals surface area contributed by atoms with Crippen molar-refractivity contribution in [2.24, 2.45) is 0 Å². The summed E-state index contributed by atoms with van der Waals surface area (Å²) in [5.41, 5.74) is 2.61. The van der Waals surface area contributed by atoms with Crippen LogP contribution in [0.5, 0.6) is 0 Å². The molecule has 0 saturated carbocycles. The Labute approximate surface area is 142 Å². The summed E-state index contributed by atoms with van der Waals surface area (Å²) in [6.07, 6.45) is 2.89. The molecule has 3 rings (SSSR count). The largest absolute Gasteiger partial charge is 0.345 e. The Kier molecular flexibility index (Phi) is 4.71. The SMILES string of the molecule is CCS(=O)(=O)c1ccccc1C(=O)N[C@H]1CCCc2ccccc21. The first-order valence-electron chi connectivity index (χ1n) is 8.23. The lowest BCUT2D eigenvalue weighted by Gasteiger charge is -2.26. The minimum atomic E-state index is -3.44. The number of carbonyl (C=O) groups excluding carboxylic acids is 1. The Hall–Kier alpha value is -2.14. The first kappa shape index (κ1) is 16.7. The molecule has 1 amide bonds. The van der Waals surface area contributed by atoms with Crippen LogP contribution in [0, 0.1) is 0 Å². The highest BCUT2D eigenvalue weighted by Gasteiger charge is 2.25. The van der Waals surface area contributed by atoms with E-state index in [0.717, 1.165) is 24.8 Å². The molecule has 1 aliphatic carbocycles. The molecule has 2 aromatic carbocycles. The molecule has 126 valence electrons. The molecule has 2 aromatic rings. The number of nitrogens with one attached hydrogen (secondary N) is 1. The summed E-state index contributed by atoms with van der Waals surface area (Å²) in [7, 11) is -3.44. The molecule has 1 N–H and O–H groups in total. The van der Waals surface area contributed by atoms with Crippen molar-refractivity contribution in [1.82, 2.24) is 5.32 Å². The highest BCUT2D eigenvalue weighted by molar-refractivity contribution is 7.91. The molecule has 0 fully saturated rings. The molecule has 0 heterocycles. The van der Waals surface area contributed by atoms with Crippen LogP contribution in [0.15, 0.2) is 53.4 Å². The summed E-state index contributed by atoms with van der Waals surface area (Å²) in [6.45, 7) is 1.58. The molecule has 0 saturated heterocycles. The van der Waals surface area contributed by atoms with Crippen molar-refractivity contribution in [3.8, 4) is 0 Å². The highest BCUT2D eigenvalue weighted by Crippen LogP contribution is 2.30. The third-order valence-electron chi connectivity index (χ3n) is 4.52. The van der Waals surface area contributed by atoms with Gasteiger partial charge in [0, 0.05) is 0 Å². The van der Waals surface area contributed by atoms with Crippen molar-refractivity contribution >= 4 is 15.7 Å². The molecule has 1 atom stereocenters. The maximum Gasteiger partial charge on any atom is 0.253 e. The molecule has 1 aliphatic rings. The van der Waals surface area contributed by atoms with Crippen LogP contribution in [0.3, 0.4) is 0 Å². The smallest absolute Gasteiger partial charge is 0.253 e. The number of sulfone groups is 1. The predicted octanol–water partition coefficient (Wildman–Crippen LogP) is 3.29. The molecule has 4 nitrogen and oxygen atoms in total. The van der Waals surface area contributed by atoms with Crippen LogP contribution in [0.2, 0.25) is 0 Å². The molecule has 0 radical (unpaired) electrons. The van der Waals surface area contributed by atoms with E-state index in [2.05, 4.69) is 11.4 Å². The van der Waals surface area contributed by atoms with Crippen LogP contribution in [-0.4, -0.2) is 20.1 Å². The van der Waals surface area contributed by atoms with Gasteiger partial charge in [-0.25, -0.2) is 8.42 Å². The molecular formula is C19H21NO3S. The fourth-order valence-electron chi connectivity index (χ4n) is 3.22. The highest BCUT2D eigenvalue weighted by atomic mass is 32.2. The van der Waals surface area contributed by atoms with Gasteiger partial charge >= 0.3 is 0 Å². The lowest BCUT2D eigenvalue weighted by Crippen LogP contribution is -2.32. The number of aryl methyl sites for hydroxylation is 1. The van der Waals surface area contributed by atoms with Crippen LogP contribution in [0.25, 0.3) is 0 Å². The van der Waals surface area contributed by atoms with E-state index in [0.29, 0.717) is 0 Å². The van der Waals surface area contributed by atoms with E-state index < -0.39 is 9.84 Å². The molecule has 0 bridgehead atoms. The van der Waals surface area contributed by atoms with Crippen molar-refractivity contribution in [1.29, 1.82) is 0 Å². The van der Waals surface area contributed by atoms with Crippen molar-refractivity contribution < 1.29 is 13.2 Å². The van der Waals surface area contributed by atoms with E-state index >= 15 is 0 Å². The van der Waals surface area contributed by atoms with E-state index in [1.165, 1.54) is 11.6 Å². The first-order chi connectivity index (χ1) is 11.5. The van der Waals surface area contributed by atoms with Crippen molar-refractivity contribution in [2.75, 3.05) is 5.75 Å². The van der Waals surface area contributed by atoms with Gasteiger partial charge in [-0.2, -0.15) is 0 Å². The average Bonchev–Trinajstić information content (AvgIpc) is 2.62. The quantitative estimate of drug-likeness (QED) is 0.926. The Morgan fingerprint density at radius 1 is 1.12 bits per heavy atom. The van der Waals surface area contributed by atoms with Gasteiger partial charge in [0.05, 0.1) is 22.3 Å². The lowest BCUT2D eigenvalue weighted by molar-refractivity contribution is 0.0929. The summed E-state index contributed by atoms with van der Waals surface area (Å²) in [4.78, 5) is 12.8. The number of fused-ring (bicyclic) bond motifs is 1. The maximum atomic E-state index is 12.7. The van der Waals surface area contributed by atoms with E-state index in [1.807, 2.05) is 18.2 Å². The van der Waals surface area contributed by atoms with E-state index in [-0.39, 0.29) is 28.2 Å². The number of benzene rings is 2. The van der Waals surface area contributed by atoms with Gasteiger partial charge < -0.3 is 5.32 Å². The van der Waals surface area contributed by atoms with E-state index in [4.69, 9.17) is 0 Å². The second-order valence-electron chi connectivity index (χ2n) is 6.02. The maximum absolute atomic E-state index is 12.7. The van der Waals surface area contributed by atoms with Crippen LogP contribution in [-0.2, 0) is 16.3 Å². The summed E-state index contributed by atoms with van der Waals surface area (Å²) in [5, 5.41) is 3.02. The summed E-state index contributed by atoms with van der Waals surface area (Å²) in [5.74, 6) is -0.354. The van der Waals surface area contributed by atoms with Gasteiger partial charge in [-0.1, -0.05) is 43.3 Å². The summed E-state index contributed by atoms with van der Waals surface area (Å²) < 4.78 is 24.5. The zero-order valence-electron chi connectivity index (χ0n) is 13.7. The number of hydrogen-bond acceptors (Lipinski definition) is 3. The zero-order valence-corrected chi connectivity index (χ0v) is 14.5.